The van der Waals surface area contributed by atoms with Gasteiger partial charge in [0.1, 0.15) is 18.1 Å². The smallest absolute Gasteiger partial charge is 0.124 e. The first-order chi connectivity index (χ1) is 9.62. The normalized spacial score (nSPS) is 9.90. The second-order valence-corrected chi connectivity index (χ2v) is 4.80. The molecule has 4 heteroatoms. The van der Waals surface area contributed by atoms with E-state index in [9.17, 15) is 0 Å². The van der Waals surface area contributed by atoms with Crippen LogP contribution in [0.25, 0.3) is 0 Å². The quantitative estimate of drug-likeness (QED) is 0.850. The molecule has 0 aliphatic carbocycles. The Hall–Kier alpha value is -2.18. The molecule has 102 valence electrons. The van der Waals surface area contributed by atoms with Crippen molar-refractivity contribution in [3.8, 4) is 17.6 Å². The molecule has 0 aliphatic rings. The van der Waals surface area contributed by atoms with E-state index in [0.717, 1.165) is 11.1 Å². The van der Waals surface area contributed by atoms with E-state index in [4.69, 9.17) is 26.3 Å². The summed E-state index contributed by atoms with van der Waals surface area (Å²) in [7, 11) is 1.55. The number of hydrogen-bond donors (Lipinski definition) is 0. The van der Waals surface area contributed by atoms with E-state index >= 15 is 0 Å². The highest BCUT2D eigenvalue weighted by molar-refractivity contribution is 6.31. The molecule has 0 amide bonds. The molecule has 0 N–H and O–H groups in total. The lowest BCUT2D eigenvalue weighted by molar-refractivity contribution is 0.303. The molecular formula is C16H14ClNO2. The molecule has 0 atom stereocenters. The molecule has 0 saturated heterocycles. The summed E-state index contributed by atoms with van der Waals surface area (Å²) in [6.07, 6.45) is 0. The van der Waals surface area contributed by atoms with Gasteiger partial charge in [-0.05, 0) is 30.7 Å². The molecule has 3 nitrogen and oxygen atoms in total. The van der Waals surface area contributed by atoms with Crippen molar-refractivity contribution in [1.82, 2.24) is 0 Å². The molecule has 0 spiro atoms. The average Bonchev–Trinajstić information content (AvgIpc) is 2.46. The van der Waals surface area contributed by atoms with Crippen LogP contribution in [0.3, 0.4) is 0 Å². The minimum atomic E-state index is 0.344. The molecule has 0 bridgehead atoms. The summed E-state index contributed by atoms with van der Waals surface area (Å²) in [4.78, 5) is 0. The average molecular weight is 288 g/mol. The minimum Gasteiger partial charge on any atom is -0.497 e. The number of ether oxygens (including phenoxy) is 2. The van der Waals surface area contributed by atoms with Crippen molar-refractivity contribution in [2.24, 2.45) is 0 Å². The lowest BCUT2D eigenvalue weighted by Gasteiger charge is -2.10. The first kappa shape index (κ1) is 14.2. The summed E-state index contributed by atoms with van der Waals surface area (Å²) in [5, 5.41) is 9.63. The number of aryl methyl sites for hydroxylation is 1. The molecule has 0 unspecified atom stereocenters. The van der Waals surface area contributed by atoms with Gasteiger partial charge >= 0.3 is 0 Å². The molecule has 0 fully saturated rings. The van der Waals surface area contributed by atoms with Crippen molar-refractivity contribution < 1.29 is 9.47 Å². The van der Waals surface area contributed by atoms with Crippen LogP contribution in [-0.4, -0.2) is 7.11 Å². The fraction of sp³-hybridized carbons (Fsp3) is 0.188. The van der Waals surface area contributed by atoms with Crippen molar-refractivity contribution in [1.29, 1.82) is 5.26 Å². The molecule has 0 aliphatic heterocycles. The van der Waals surface area contributed by atoms with Crippen molar-refractivity contribution in [3.05, 3.63) is 58.1 Å². The molecular weight excluding hydrogens is 274 g/mol. The second-order valence-electron chi connectivity index (χ2n) is 4.39. The highest BCUT2D eigenvalue weighted by atomic mass is 35.5. The maximum Gasteiger partial charge on any atom is 0.124 e. The van der Waals surface area contributed by atoms with Crippen LogP contribution < -0.4 is 9.47 Å². The monoisotopic (exact) mass is 287 g/mol. The van der Waals surface area contributed by atoms with Gasteiger partial charge < -0.3 is 9.47 Å². The molecule has 0 saturated carbocycles. The lowest BCUT2D eigenvalue weighted by atomic mass is 10.1. The minimum absolute atomic E-state index is 0.344. The molecule has 2 rings (SSSR count). The van der Waals surface area contributed by atoms with E-state index in [1.54, 1.807) is 25.3 Å². The third-order valence-corrected chi connectivity index (χ3v) is 3.20. The van der Waals surface area contributed by atoms with Gasteiger partial charge in [-0.25, -0.2) is 0 Å². The third kappa shape index (κ3) is 3.43. The van der Waals surface area contributed by atoms with Gasteiger partial charge in [0.25, 0.3) is 0 Å². The number of nitriles is 1. The fourth-order valence-electron chi connectivity index (χ4n) is 1.77. The maximum absolute atomic E-state index is 8.96. The van der Waals surface area contributed by atoms with Crippen LogP contribution in [0.5, 0.6) is 11.5 Å². The summed E-state index contributed by atoms with van der Waals surface area (Å²) in [5.74, 6) is 1.17. The van der Waals surface area contributed by atoms with Gasteiger partial charge in [0.2, 0.25) is 0 Å². The topological polar surface area (TPSA) is 42.2 Å². The number of benzene rings is 2. The first-order valence-corrected chi connectivity index (χ1v) is 6.47. The van der Waals surface area contributed by atoms with Crippen LogP contribution in [0.15, 0.2) is 36.4 Å². The SMILES string of the molecule is COc1cc(C#N)cc(OCc2ccc(C)cc2Cl)c1. The Morgan fingerprint density at radius 3 is 2.55 bits per heavy atom. The summed E-state index contributed by atoms with van der Waals surface area (Å²) in [6, 6.07) is 13.0. The van der Waals surface area contributed by atoms with E-state index in [1.807, 2.05) is 25.1 Å². The Balaban J connectivity index is 2.16. The van der Waals surface area contributed by atoms with Gasteiger partial charge in [0.05, 0.1) is 18.7 Å². The van der Waals surface area contributed by atoms with Crippen LogP contribution >= 0.6 is 11.6 Å². The van der Waals surface area contributed by atoms with E-state index in [-0.39, 0.29) is 0 Å². The number of halogens is 1. The lowest BCUT2D eigenvalue weighted by Crippen LogP contribution is -1.97. The maximum atomic E-state index is 8.96. The zero-order chi connectivity index (χ0) is 14.5. The Morgan fingerprint density at radius 1 is 1.15 bits per heavy atom. The molecule has 0 radical (unpaired) electrons. The number of nitrogens with zero attached hydrogens (tertiary/aromatic N) is 1. The Bertz CT molecular complexity index is 662. The van der Waals surface area contributed by atoms with Gasteiger partial charge in [-0.1, -0.05) is 23.7 Å². The highest BCUT2D eigenvalue weighted by Crippen LogP contribution is 2.24. The number of hydrogen-bond acceptors (Lipinski definition) is 3. The predicted molar refractivity (Wildman–Crippen MR) is 78.2 cm³/mol. The van der Waals surface area contributed by atoms with E-state index < -0.39 is 0 Å². The van der Waals surface area contributed by atoms with Crippen molar-refractivity contribution in [3.63, 3.8) is 0 Å². The second kappa shape index (κ2) is 6.31. The van der Waals surface area contributed by atoms with Gasteiger partial charge in [-0.2, -0.15) is 5.26 Å². The van der Waals surface area contributed by atoms with Gasteiger partial charge in [-0.3, -0.25) is 0 Å². The van der Waals surface area contributed by atoms with E-state index in [0.29, 0.717) is 28.7 Å². The number of methoxy groups -OCH3 is 1. The van der Waals surface area contributed by atoms with Crippen molar-refractivity contribution >= 4 is 11.6 Å². The van der Waals surface area contributed by atoms with Crippen LogP contribution in [0, 0.1) is 18.3 Å². The van der Waals surface area contributed by atoms with Crippen molar-refractivity contribution in [2.45, 2.75) is 13.5 Å². The van der Waals surface area contributed by atoms with Gasteiger partial charge in [-0.15, -0.1) is 0 Å². The standard InChI is InChI=1S/C16H14ClNO2/c1-11-3-4-13(16(17)5-11)10-20-15-7-12(9-18)6-14(8-15)19-2/h3-8H,10H2,1-2H3. The van der Waals surface area contributed by atoms with E-state index in [1.165, 1.54) is 0 Å². The van der Waals surface area contributed by atoms with E-state index in [2.05, 4.69) is 6.07 Å². The largest absolute Gasteiger partial charge is 0.497 e. The van der Waals surface area contributed by atoms with Crippen molar-refractivity contribution in [2.75, 3.05) is 7.11 Å². The summed E-state index contributed by atoms with van der Waals surface area (Å²) < 4.78 is 10.8. The number of rotatable bonds is 4. The molecule has 20 heavy (non-hydrogen) atoms. The van der Waals surface area contributed by atoms with Gasteiger partial charge in [0.15, 0.2) is 0 Å². The Labute approximate surface area is 123 Å². The summed E-state index contributed by atoms with van der Waals surface area (Å²) in [6.45, 7) is 2.33. The zero-order valence-corrected chi connectivity index (χ0v) is 12.1. The fourth-order valence-corrected chi connectivity index (χ4v) is 2.06. The van der Waals surface area contributed by atoms with Gasteiger partial charge in [0, 0.05) is 16.7 Å². The molecule has 0 heterocycles. The van der Waals surface area contributed by atoms with Crippen LogP contribution in [0.2, 0.25) is 5.02 Å². The van der Waals surface area contributed by atoms with Crippen LogP contribution in [0.1, 0.15) is 16.7 Å². The Morgan fingerprint density at radius 2 is 1.90 bits per heavy atom. The Kier molecular flexibility index (Phi) is 4.49. The summed E-state index contributed by atoms with van der Waals surface area (Å²) >= 11 is 6.16. The van der Waals surface area contributed by atoms with Crippen LogP contribution in [0.4, 0.5) is 0 Å². The molecule has 2 aromatic rings. The zero-order valence-electron chi connectivity index (χ0n) is 11.3. The van der Waals surface area contributed by atoms with Crippen LogP contribution in [-0.2, 0) is 6.61 Å². The molecule has 2 aromatic carbocycles. The predicted octanol–water partition coefficient (Wildman–Crippen LogP) is 4.11. The molecule has 0 aromatic heterocycles. The highest BCUT2D eigenvalue weighted by Gasteiger charge is 2.05. The summed E-state index contributed by atoms with van der Waals surface area (Å²) in [5.41, 5.74) is 2.50. The third-order valence-electron chi connectivity index (χ3n) is 2.85. The first-order valence-electron chi connectivity index (χ1n) is 6.09.